The van der Waals surface area contributed by atoms with Crippen LogP contribution in [0.25, 0.3) is 20.5 Å². The molecule has 0 saturated heterocycles. The maximum absolute atomic E-state index is 7.00. The van der Waals surface area contributed by atoms with E-state index in [-0.39, 0.29) is 0 Å². The van der Waals surface area contributed by atoms with Gasteiger partial charge in [-0.05, 0) is 10.8 Å². The fraction of sp³-hybridized carbons (Fsp3) is 0. The van der Waals surface area contributed by atoms with Crippen molar-refractivity contribution in [2.45, 2.75) is 0 Å². The average molecular weight is 178 g/mol. The highest BCUT2D eigenvalue weighted by molar-refractivity contribution is 6.02. The summed E-state index contributed by atoms with van der Waals surface area (Å²) in [5.41, 5.74) is 1.21. The molecule has 2 heteroatoms. The van der Waals surface area contributed by atoms with Crippen molar-refractivity contribution < 1.29 is 0 Å². The van der Waals surface area contributed by atoms with Gasteiger partial charge in [0.2, 0.25) is 0 Å². The van der Waals surface area contributed by atoms with E-state index in [1.807, 2.05) is 24.3 Å². The molecule has 2 rings (SSSR count). The molecule has 0 radical (unpaired) electrons. The lowest BCUT2D eigenvalue weighted by molar-refractivity contribution is 1.75. The summed E-state index contributed by atoms with van der Waals surface area (Å²) < 4.78 is 0. The number of fused-ring (bicyclic) bond motifs is 1. The van der Waals surface area contributed by atoms with Gasteiger partial charge in [0.05, 0.1) is 13.1 Å². The highest BCUT2D eigenvalue weighted by Gasteiger charge is 2.03. The molecule has 2 aromatic rings. The minimum atomic E-state index is 0.605. The molecule has 0 saturated carbocycles. The topological polar surface area (TPSA) is 8.72 Å². The van der Waals surface area contributed by atoms with Crippen LogP contribution in [0.3, 0.4) is 0 Å². The summed E-state index contributed by atoms with van der Waals surface area (Å²) >= 11 is 0. The largest absolute Gasteiger partial charge is 0.238 e. The molecule has 0 aliphatic heterocycles. The summed E-state index contributed by atoms with van der Waals surface area (Å²) in [5, 5.41) is 1.71. The van der Waals surface area contributed by atoms with Gasteiger partial charge in [0.1, 0.15) is 0 Å². The summed E-state index contributed by atoms with van der Waals surface area (Å²) in [6.45, 7) is 14.0. The van der Waals surface area contributed by atoms with Crippen LogP contribution in [0, 0.1) is 13.1 Å². The highest BCUT2D eigenvalue weighted by Crippen LogP contribution is 2.33. The molecular weight excluding hydrogens is 172 g/mol. The Morgan fingerprint density at radius 3 is 1.50 bits per heavy atom. The fourth-order valence-electron chi connectivity index (χ4n) is 1.46. The zero-order chi connectivity index (χ0) is 9.97. The van der Waals surface area contributed by atoms with Crippen molar-refractivity contribution in [2.24, 2.45) is 0 Å². The van der Waals surface area contributed by atoms with Gasteiger partial charge in [0.15, 0.2) is 11.4 Å². The number of nitrogens with zero attached hydrogens (tertiary/aromatic N) is 2. The lowest BCUT2D eigenvalue weighted by Crippen LogP contribution is -1.72. The predicted octanol–water partition coefficient (Wildman–Crippen LogP) is 3.94. The third-order valence-corrected chi connectivity index (χ3v) is 2.12. The standard InChI is InChI=1S/C12H6N2/c1-13-11-7-8-12(14-2)10-6-4-3-5-9(10)11/h3-8H. The Hall–Kier alpha value is -2.32. The molecule has 0 bridgehead atoms. The fourth-order valence-corrected chi connectivity index (χ4v) is 1.46. The minimum Gasteiger partial charge on any atom is -0.238 e. The second-order valence-corrected chi connectivity index (χ2v) is 2.87. The number of benzene rings is 2. The Balaban J connectivity index is 2.96. The molecule has 0 atom stereocenters. The zero-order valence-electron chi connectivity index (χ0n) is 7.36. The van der Waals surface area contributed by atoms with Crippen molar-refractivity contribution in [3.8, 4) is 0 Å². The Kier molecular flexibility index (Phi) is 1.89. The van der Waals surface area contributed by atoms with E-state index in [0.717, 1.165) is 10.8 Å². The Labute approximate surface area is 82.0 Å². The van der Waals surface area contributed by atoms with E-state index in [2.05, 4.69) is 9.69 Å². The normalized spacial score (nSPS) is 9.29. The van der Waals surface area contributed by atoms with Crippen LogP contribution < -0.4 is 0 Å². The molecule has 0 aromatic heterocycles. The molecule has 0 N–H and O–H groups in total. The van der Waals surface area contributed by atoms with Gasteiger partial charge in [0.25, 0.3) is 0 Å². The summed E-state index contributed by atoms with van der Waals surface area (Å²) in [5.74, 6) is 0. The predicted molar refractivity (Wildman–Crippen MR) is 56.5 cm³/mol. The Bertz CT molecular complexity index is 518. The molecule has 0 amide bonds. The average Bonchev–Trinajstić information content (AvgIpc) is 2.27. The van der Waals surface area contributed by atoms with Crippen molar-refractivity contribution in [3.63, 3.8) is 0 Å². The van der Waals surface area contributed by atoms with Crippen LogP contribution in [-0.4, -0.2) is 0 Å². The lowest BCUT2D eigenvalue weighted by atomic mass is 10.1. The SMILES string of the molecule is [C-]#[N+]c1ccc([N+]#[C-])c2ccccc12. The molecule has 0 heterocycles. The van der Waals surface area contributed by atoms with Crippen molar-refractivity contribution in [1.29, 1.82) is 0 Å². The van der Waals surface area contributed by atoms with Crippen molar-refractivity contribution >= 4 is 22.1 Å². The van der Waals surface area contributed by atoms with Crippen molar-refractivity contribution in [1.82, 2.24) is 0 Å². The molecule has 2 nitrogen and oxygen atoms in total. The zero-order valence-corrected chi connectivity index (χ0v) is 7.36. The van der Waals surface area contributed by atoms with E-state index in [9.17, 15) is 0 Å². The Morgan fingerprint density at radius 1 is 0.714 bits per heavy atom. The van der Waals surface area contributed by atoms with Gasteiger partial charge in [-0.3, -0.25) is 0 Å². The van der Waals surface area contributed by atoms with Crippen LogP contribution in [0.1, 0.15) is 0 Å². The monoisotopic (exact) mass is 178 g/mol. The van der Waals surface area contributed by atoms with Crippen molar-refractivity contribution in [3.05, 3.63) is 59.2 Å². The number of hydrogen-bond donors (Lipinski definition) is 0. The maximum Gasteiger partial charge on any atom is 0.192 e. The summed E-state index contributed by atoms with van der Waals surface area (Å²) in [4.78, 5) is 6.84. The first-order valence-corrected chi connectivity index (χ1v) is 4.13. The van der Waals surface area contributed by atoms with Gasteiger partial charge in [0, 0.05) is 0 Å². The van der Waals surface area contributed by atoms with Crippen LogP contribution in [0.4, 0.5) is 11.4 Å². The minimum absolute atomic E-state index is 0.605. The third kappa shape index (κ3) is 1.11. The lowest BCUT2D eigenvalue weighted by Gasteiger charge is -2.01. The van der Waals surface area contributed by atoms with Gasteiger partial charge >= 0.3 is 0 Å². The number of hydrogen-bond acceptors (Lipinski definition) is 0. The van der Waals surface area contributed by atoms with E-state index in [1.54, 1.807) is 12.1 Å². The van der Waals surface area contributed by atoms with Crippen LogP contribution in [0.5, 0.6) is 0 Å². The van der Waals surface area contributed by atoms with Crippen LogP contribution >= 0.6 is 0 Å². The Morgan fingerprint density at radius 2 is 1.14 bits per heavy atom. The van der Waals surface area contributed by atoms with Gasteiger partial charge in [-0.15, -0.1) is 0 Å². The molecule has 0 aliphatic carbocycles. The first kappa shape index (κ1) is 8.29. The first-order chi connectivity index (χ1) is 6.86. The van der Waals surface area contributed by atoms with E-state index < -0.39 is 0 Å². The van der Waals surface area contributed by atoms with Gasteiger partial charge in [-0.1, -0.05) is 36.4 Å². The van der Waals surface area contributed by atoms with E-state index >= 15 is 0 Å². The molecule has 2 aromatic carbocycles. The third-order valence-electron chi connectivity index (χ3n) is 2.12. The maximum atomic E-state index is 7.00. The highest BCUT2D eigenvalue weighted by atomic mass is 14.7. The summed E-state index contributed by atoms with van der Waals surface area (Å²) in [6, 6.07) is 10.9. The van der Waals surface area contributed by atoms with E-state index in [4.69, 9.17) is 13.1 Å². The van der Waals surface area contributed by atoms with Crippen LogP contribution in [0.2, 0.25) is 0 Å². The molecule has 0 unspecified atom stereocenters. The molecule has 0 aliphatic rings. The molecule has 0 fully saturated rings. The van der Waals surface area contributed by atoms with Crippen molar-refractivity contribution in [2.75, 3.05) is 0 Å². The molecule has 0 spiro atoms. The van der Waals surface area contributed by atoms with E-state index in [0.29, 0.717) is 11.4 Å². The second-order valence-electron chi connectivity index (χ2n) is 2.87. The summed E-state index contributed by atoms with van der Waals surface area (Å²) in [6.07, 6.45) is 0. The van der Waals surface area contributed by atoms with Crippen LogP contribution in [0.15, 0.2) is 36.4 Å². The second kappa shape index (κ2) is 3.20. The van der Waals surface area contributed by atoms with Crippen LogP contribution in [-0.2, 0) is 0 Å². The van der Waals surface area contributed by atoms with Gasteiger partial charge in [-0.2, -0.15) is 0 Å². The van der Waals surface area contributed by atoms with E-state index in [1.165, 1.54) is 0 Å². The molecular formula is C12H6N2. The molecule has 14 heavy (non-hydrogen) atoms. The van der Waals surface area contributed by atoms with Gasteiger partial charge < -0.3 is 0 Å². The first-order valence-electron chi connectivity index (χ1n) is 4.13. The number of rotatable bonds is 0. The smallest absolute Gasteiger partial charge is 0.192 e. The van der Waals surface area contributed by atoms with Gasteiger partial charge in [-0.25, -0.2) is 9.69 Å². The quantitative estimate of drug-likeness (QED) is 0.540. The molecule has 64 valence electrons. The summed E-state index contributed by atoms with van der Waals surface area (Å²) in [7, 11) is 0.